The van der Waals surface area contributed by atoms with E-state index in [0.29, 0.717) is 0 Å². The number of oxime groups is 1. The van der Waals surface area contributed by atoms with Crippen molar-refractivity contribution < 1.29 is 30.4 Å². The largest absolute Gasteiger partial charge is 0.411 e. The van der Waals surface area contributed by atoms with Gasteiger partial charge in [0.05, 0.1) is 6.61 Å². The quantitative estimate of drug-likeness (QED) is 0.227. The number of ether oxygens (including phenoxy) is 1. The van der Waals surface area contributed by atoms with Gasteiger partial charge in [-0.15, -0.1) is 0 Å². The molecule has 1 heterocycles. The molecular formula is C6H11NO6. The standard InChI is InChI=1S/C6H11NO6/c8-1-2-4(9)5(10)3(7-12)6(11)13-2/h2,4-6,8-12H,1H2/t2-,4-,5-,6?/m1/s1. The molecule has 0 amide bonds. The van der Waals surface area contributed by atoms with Gasteiger partial charge in [0.1, 0.15) is 24.0 Å². The molecule has 0 saturated carbocycles. The highest BCUT2D eigenvalue weighted by atomic mass is 16.6. The molecule has 1 aliphatic rings. The Hall–Kier alpha value is -0.730. The van der Waals surface area contributed by atoms with Gasteiger partial charge >= 0.3 is 0 Å². The van der Waals surface area contributed by atoms with E-state index >= 15 is 0 Å². The first-order valence-electron chi connectivity index (χ1n) is 3.64. The molecule has 5 N–H and O–H groups in total. The van der Waals surface area contributed by atoms with Crippen molar-refractivity contribution in [3.8, 4) is 0 Å². The molecule has 0 aromatic rings. The topological polar surface area (TPSA) is 123 Å². The lowest BCUT2D eigenvalue weighted by Crippen LogP contribution is -2.56. The van der Waals surface area contributed by atoms with Crippen LogP contribution in [0.3, 0.4) is 0 Å². The summed E-state index contributed by atoms with van der Waals surface area (Å²) in [4.78, 5) is 0. The third kappa shape index (κ3) is 1.79. The van der Waals surface area contributed by atoms with Crippen molar-refractivity contribution in [2.24, 2.45) is 5.16 Å². The molecule has 0 spiro atoms. The molecule has 1 saturated heterocycles. The zero-order valence-corrected chi connectivity index (χ0v) is 6.61. The van der Waals surface area contributed by atoms with Gasteiger partial charge in [-0.05, 0) is 0 Å². The minimum absolute atomic E-state index is 0.475. The van der Waals surface area contributed by atoms with E-state index in [4.69, 9.17) is 15.4 Å². The average molecular weight is 193 g/mol. The Bertz CT molecular complexity index is 207. The first-order valence-corrected chi connectivity index (χ1v) is 3.64. The zero-order chi connectivity index (χ0) is 10.0. The Labute approximate surface area is 73.5 Å². The molecule has 4 atom stereocenters. The lowest BCUT2D eigenvalue weighted by atomic mass is 10.0. The van der Waals surface area contributed by atoms with Gasteiger partial charge in [0.2, 0.25) is 6.29 Å². The Morgan fingerprint density at radius 3 is 2.38 bits per heavy atom. The molecule has 13 heavy (non-hydrogen) atoms. The van der Waals surface area contributed by atoms with E-state index < -0.39 is 36.9 Å². The normalized spacial score (nSPS) is 43.8. The molecular weight excluding hydrogens is 182 g/mol. The summed E-state index contributed by atoms with van der Waals surface area (Å²) in [6.07, 6.45) is -5.65. The second-order valence-corrected chi connectivity index (χ2v) is 2.67. The van der Waals surface area contributed by atoms with Crippen molar-refractivity contribution in [1.29, 1.82) is 0 Å². The van der Waals surface area contributed by atoms with Crippen molar-refractivity contribution in [3.63, 3.8) is 0 Å². The van der Waals surface area contributed by atoms with E-state index in [1.54, 1.807) is 0 Å². The summed E-state index contributed by atoms with van der Waals surface area (Å²) in [6, 6.07) is 0. The third-order valence-electron chi connectivity index (χ3n) is 1.86. The van der Waals surface area contributed by atoms with Crippen LogP contribution in [-0.2, 0) is 4.74 Å². The average Bonchev–Trinajstić information content (AvgIpc) is 2.12. The smallest absolute Gasteiger partial charge is 0.201 e. The molecule has 1 unspecified atom stereocenters. The van der Waals surface area contributed by atoms with Crippen LogP contribution in [0.1, 0.15) is 0 Å². The predicted molar refractivity (Wildman–Crippen MR) is 39.2 cm³/mol. The predicted octanol–water partition coefficient (Wildman–Crippen LogP) is -2.75. The zero-order valence-electron chi connectivity index (χ0n) is 6.61. The Kier molecular flexibility index (Phi) is 3.17. The summed E-state index contributed by atoms with van der Waals surface area (Å²) in [5.74, 6) is 0. The van der Waals surface area contributed by atoms with Gasteiger partial charge in [-0.1, -0.05) is 5.16 Å². The van der Waals surface area contributed by atoms with Gasteiger partial charge in [0.15, 0.2) is 0 Å². The first kappa shape index (κ1) is 10.4. The first-order chi connectivity index (χ1) is 6.11. The van der Waals surface area contributed by atoms with Crippen molar-refractivity contribution >= 4 is 5.71 Å². The highest BCUT2D eigenvalue weighted by Gasteiger charge is 2.41. The fraction of sp³-hybridized carbons (Fsp3) is 0.833. The van der Waals surface area contributed by atoms with Gasteiger partial charge < -0.3 is 30.4 Å². The maximum atomic E-state index is 9.22. The highest BCUT2D eigenvalue weighted by Crippen LogP contribution is 2.16. The Morgan fingerprint density at radius 1 is 1.31 bits per heavy atom. The second-order valence-electron chi connectivity index (χ2n) is 2.67. The molecule has 0 aromatic carbocycles. The van der Waals surface area contributed by atoms with Crippen LogP contribution in [0.5, 0.6) is 0 Å². The summed E-state index contributed by atoms with van der Waals surface area (Å²) in [7, 11) is 0. The van der Waals surface area contributed by atoms with E-state index in [0.717, 1.165) is 0 Å². The highest BCUT2D eigenvalue weighted by molar-refractivity contribution is 5.92. The number of rotatable bonds is 1. The van der Waals surface area contributed by atoms with Crippen LogP contribution in [-0.4, -0.2) is 62.6 Å². The molecule has 1 fully saturated rings. The lowest BCUT2D eigenvalue weighted by Gasteiger charge is -2.34. The van der Waals surface area contributed by atoms with Crippen molar-refractivity contribution in [2.45, 2.75) is 24.6 Å². The van der Waals surface area contributed by atoms with Crippen LogP contribution < -0.4 is 0 Å². The van der Waals surface area contributed by atoms with Gasteiger partial charge in [-0.2, -0.15) is 0 Å². The number of hydrogen-bond acceptors (Lipinski definition) is 7. The van der Waals surface area contributed by atoms with Crippen molar-refractivity contribution in [3.05, 3.63) is 0 Å². The monoisotopic (exact) mass is 193 g/mol. The molecule has 0 aliphatic carbocycles. The van der Waals surface area contributed by atoms with Crippen LogP contribution in [0.25, 0.3) is 0 Å². The number of nitrogens with zero attached hydrogens (tertiary/aromatic N) is 1. The van der Waals surface area contributed by atoms with Crippen LogP contribution in [0.2, 0.25) is 0 Å². The molecule has 0 aromatic heterocycles. The van der Waals surface area contributed by atoms with Crippen molar-refractivity contribution in [2.75, 3.05) is 6.61 Å². The van der Waals surface area contributed by atoms with E-state index in [2.05, 4.69) is 9.89 Å². The van der Waals surface area contributed by atoms with Crippen LogP contribution >= 0.6 is 0 Å². The minimum Gasteiger partial charge on any atom is -0.411 e. The molecule has 0 radical (unpaired) electrons. The summed E-state index contributed by atoms with van der Waals surface area (Å²) in [6.45, 7) is -0.548. The minimum atomic E-state index is -1.61. The Morgan fingerprint density at radius 2 is 1.92 bits per heavy atom. The summed E-state index contributed by atoms with van der Waals surface area (Å²) in [5, 5.41) is 47.0. The van der Waals surface area contributed by atoms with Crippen molar-refractivity contribution in [1.82, 2.24) is 0 Å². The summed E-state index contributed by atoms with van der Waals surface area (Å²) < 4.78 is 4.63. The SMILES string of the molecule is OC[C@H]1OC(O)C(=NO)[C@@H](O)[C@@H]1O. The fourth-order valence-electron chi connectivity index (χ4n) is 1.10. The molecule has 0 bridgehead atoms. The maximum absolute atomic E-state index is 9.22. The maximum Gasteiger partial charge on any atom is 0.201 e. The number of aliphatic hydroxyl groups is 4. The molecule has 7 nitrogen and oxygen atoms in total. The molecule has 7 heteroatoms. The van der Waals surface area contributed by atoms with Crippen LogP contribution in [0, 0.1) is 0 Å². The van der Waals surface area contributed by atoms with Gasteiger partial charge in [0.25, 0.3) is 0 Å². The van der Waals surface area contributed by atoms with Gasteiger partial charge in [-0.3, -0.25) is 0 Å². The fourth-order valence-corrected chi connectivity index (χ4v) is 1.10. The van der Waals surface area contributed by atoms with Crippen LogP contribution in [0.4, 0.5) is 0 Å². The third-order valence-corrected chi connectivity index (χ3v) is 1.86. The summed E-state index contributed by atoms with van der Waals surface area (Å²) in [5.41, 5.74) is -0.475. The molecule has 76 valence electrons. The second kappa shape index (κ2) is 3.99. The van der Waals surface area contributed by atoms with E-state index in [1.807, 2.05) is 0 Å². The number of aliphatic hydroxyl groups excluding tert-OH is 4. The van der Waals surface area contributed by atoms with E-state index in [9.17, 15) is 10.2 Å². The molecule has 1 rings (SSSR count). The lowest BCUT2D eigenvalue weighted by molar-refractivity contribution is -0.182. The van der Waals surface area contributed by atoms with E-state index in [-0.39, 0.29) is 0 Å². The Balaban J connectivity index is 2.79. The van der Waals surface area contributed by atoms with Gasteiger partial charge in [0, 0.05) is 0 Å². The van der Waals surface area contributed by atoms with Crippen LogP contribution in [0.15, 0.2) is 5.16 Å². The van der Waals surface area contributed by atoms with Gasteiger partial charge in [-0.25, -0.2) is 0 Å². The van der Waals surface area contributed by atoms with E-state index in [1.165, 1.54) is 0 Å². The number of hydrogen-bond donors (Lipinski definition) is 5. The summed E-state index contributed by atoms with van der Waals surface area (Å²) >= 11 is 0. The molecule has 1 aliphatic heterocycles.